The second kappa shape index (κ2) is 6.21. The molecule has 1 fully saturated rings. The molecule has 8 heteroatoms. The lowest BCUT2D eigenvalue weighted by Crippen LogP contribution is -2.36. The predicted octanol–water partition coefficient (Wildman–Crippen LogP) is 1.03. The van der Waals surface area contributed by atoms with Crippen LogP contribution < -0.4 is 5.32 Å². The highest BCUT2D eigenvalue weighted by Crippen LogP contribution is 2.18. The van der Waals surface area contributed by atoms with Crippen LogP contribution in [0.4, 0.5) is 0 Å². The Morgan fingerprint density at radius 3 is 2.82 bits per heavy atom. The number of fused-ring (bicyclic) bond motifs is 1. The first-order valence-electron chi connectivity index (χ1n) is 6.86. The van der Waals surface area contributed by atoms with E-state index in [4.69, 9.17) is 0 Å². The van der Waals surface area contributed by atoms with Crippen LogP contribution in [0.2, 0.25) is 0 Å². The molecule has 3 rings (SSSR count). The normalized spacial score (nSPS) is 20.1. The van der Waals surface area contributed by atoms with Crippen LogP contribution in [0.1, 0.15) is 6.42 Å². The fourth-order valence-electron chi connectivity index (χ4n) is 2.33. The third-order valence-corrected chi connectivity index (χ3v) is 6.04. The van der Waals surface area contributed by atoms with Gasteiger partial charge in [-0.1, -0.05) is 23.9 Å². The molecule has 1 atom stereocenters. The van der Waals surface area contributed by atoms with Crippen molar-refractivity contribution < 1.29 is 13.2 Å². The van der Waals surface area contributed by atoms with Crippen molar-refractivity contribution >= 4 is 38.5 Å². The standard InChI is InChI=1S/C14H15N3O3S2/c18-13(16-10-5-6-22(19,20)9-10)8-21-14-7-15-11-3-1-2-4-12(11)17-14/h1-4,7,10H,5-6,8-9H2,(H,16,18)/t10-/m1/s1. The summed E-state index contributed by atoms with van der Waals surface area (Å²) in [6.45, 7) is 0. The number of carbonyl (C=O) groups is 1. The number of hydrogen-bond donors (Lipinski definition) is 1. The SMILES string of the molecule is O=C(CSc1cnc2ccccc2n1)N[C@@H]1CCS(=O)(=O)C1. The number of nitrogens with one attached hydrogen (secondary N) is 1. The third-order valence-electron chi connectivity index (χ3n) is 3.38. The minimum absolute atomic E-state index is 0.0409. The van der Waals surface area contributed by atoms with Gasteiger partial charge in [-0.05, 0) is 18.6 Å². The fraction of sp³-hybridized carbons (Fsp3) is 0.357. The lowest BCUT2D eigenvalue weighted by atomic mass is 10.3. The third kappa shape index (κ3) is 3.75. The predicted molar refractivity (Wildman–Crippen MR) is 85.5 cm³/mol. The zero-order valence-electron chi connectivity index (χ0n) is 11.7. The maximum atomic E-state index is 11.9. The van der Waals surface area contributed by atoms with Gasteiger partial charge in [0.1, 0.15) is 5.03 Å². The topological polar surface area (TPSA) is 89.0 Å². The molecule has 6 nitrogen and oxygen atoms in total. The molecule has 1 aromatic heterocycles. The van der Waals surface area contributed by atoms with Crippen molar-refractivity contribution in [2.75, 3.05) is 17.3 Å². The summed E-state index contributed by atoms with van der Waals surface area (Å²) in [5.41, 5.74) is 1.60. The van der Waals surface area contributed by atoms with E-state index in [9.17, 15) is 13.2 Å². The number of rotatable bonds is 4. The molecule has 1 N–H and O–H groups in total. The Hall–Kier alpha value is -1.67. The molecule has 1 aliphatic heterocycles. The van der Waals surface area contributed by atoms with Crippen molar-refractivity contribution in [3.05, 3.63) is 30.5 Å². The minimum atomic E-state index is -2.98. The average Bonchev–Trinajstić information content (AvgIpc) is 2.84. The van der Waals surface area contributed by atoms with Gasteiger partial charge in [0, 0.05) is 6.04 Å². The summed E-state index contributed by atoms with van der Waals surface area (Å²) in [6, 6.07) is 7.27. The summed E-state index contributed by atoms with van der Waals surface area (Å²) in [5, 5.41) is 3.43. The Kier molecular flexibility index (Phi) is 4.30. The summed E-state index contributed by atoms with van der Waals surface area (Å²) in [4.78, 5) is 20.6. The number of hydrogen-bond acceptors (Lipinski definition) is 6. The van der Waals surface area contributed by atoms with Gasteiger partial charge < -0.3 is 5.32 Å². The van der Waals surface area contributed by atoms with E-state index in [2.05, 4.69) is 15.3 Å². The van der Waals surface area contributed by atoms with Crippen LogP contribution in [0, 0.1) is 0 Å². The smallest absolute Gasteiger partial charge is 0.230 e. The number of para-hydroxylation sites is 2. The van der Waals surface area contributed by atoms with Crippen molar-refractivity contribution in [1.29, 1.82) is 0 Å². The van der Waals surface area contributed by atoms with E-state index in [0.717, 1.165) is 11.0 Å². The fourth-order valence-corrected chi connectivity index (χ4v) is 4.65. The number of benzene rings is 1. The summed E-state index contributed by atoms with van der Waals surface area (Å²) in [7, 11) is -2.98. The molecule has 0 radical (unpaired) electrons. The molecule has 1 aliphatic rings. The summed E-state index contributed by atoms with van der Waals surface area (Å²) in [5.74, 6) is 0.214. The van der Waals surface area contributed by atoms with Crippen LogP contribution in [-0.2, 0) is 14.6 Å². The lowest BCUT2D eigenvalue weighted by molar-refractivity contribution is -0.119. The van der Waals surface area contributed by atoms with Crippen molar-refractivity contribution in [1.82, 2.24) is 15.3 Å². The van der Waals surface area contributed by atoms with Crippen LogP contribution >= 0.6 is 11.8 Å². The number of amides is 1. The van der Waals surface area contributed by atoms with E-state index in [0.29, 0.717) is 11.4 Å². The number of aromatic nitrogens is 2. The summed E-state index contributed by atoms with van der Waals surface area (Å²) >= 11 is 1.29. The molecular formula is C14H15N3O3S2. The molecule has 0 spiro atoms. The van der Waals surface area contributed by atoms with Crippen LogP contribution in [0.5, 0.6) is 0 Å². The molecule has 2 aromatic rings. The van der Waals surface area contributed by atoms with Crippen LogP contribution in [0.25, 0.3) is 11.0 Å². The second-order valence-electron chi connectivity index (χ2n) is 5.15. The van der Waals surface area contributed by atoms with Gasteiger partial charge in [-0.3, -0.25) is 9.78 Å². The Morgan fingerprint density at radius 2 is 2.09 bits per heavy atom. The molecule has 116 valence electrons. The Morgan fingerprint density at radius 1 is 1.32 bits per heavy atom. The zero-order chi connectivity index (χ0) is 15.6. The van der Waals surface area contributed by atoms with Crippen LogP contribution in [0.15, 0.2) is 35.5 Å². The van der Waals surface area contributed by atoms with E-state index in [1.807, 2.05) is 24.3 Å². The van der Waals surface area contributed by atoms with Gasteiger partial charge in [0.25, 0.3) is 0 Å². The Labute approximate surface area is 132 Å². The van der Waals surface area contributed by atoms with Gasteiger partial charge in [-0.2, -0.15) is 0 Å². The van der Waals surface area contributed by atoms with Gasteiger partial charge in [-0.25, -0.2) is 13.4 Å². The van der Waals surface area contributed by atoms with Gasteiger partial charge >= 0.3 is 0 Å². The first-order valence-corrected chi connectivity index (χ1v) is 9.67. The van der Waals surface area contributed by atoms with Crippen molar-refractivity contribution in [3.8, 4) is 0 Å². The number of nitrogens with zero attached hydrogens (tertiary/aromatic N) is 2. The maximum Gasteiger partial charge on any atom is 0.230 e. The molecule has 1 saturated heterocycles. The molecule has 0 bridgehead atoms. The highest BCUT2D eigenvalue weighted by Gasteiger charge is 2.28. The lowest BCUT2D eigenvalue weighted by Gasteiger charge is -2.10. The Balaban J connectivity index is 1.56. The minimum Gasteiger partial charge on any atom is -0.352 e. The van der Waals surface area contributed by atoms with Gasteiger partial charge in [0.2, 0.25) is 5.91 Å². The number of thioether (sulfide) groups is 1. The molecule has 22 heavy (non-hydrogen) atoms. The van der Waals surface area contributed by atoms with Crippen LogP contribution in [-0.4, -0.2) is 47.6 Å². The Bertz CT molecular complexity index is 808. The number of sulfone groups is 1. The number of carbonyl (C=O) groups excluding carboxylic acids is 1. The van der Waals surface area contributed by atoms with Crippen molar-refractivity contribution in [3.63, 3.8) is 0 Å². The van der Waals surface area contributed by atoms with Crippen molar-refractivity contribution in [2.45, 2.75) is 17.5 Å². The average molecular weight is 337 g/mol. The molecule has 1 aromatic carbocycles. The van der Waals surface area contributed by atoms with E-state index in [1.165, 1.54) is 11.8 Å². The molecule has 0 unspecified atom stereocenters. The van der Waals surface area contributed by atoms with Crippen molar-refractivity contribution in [2.24, 2.45) is 0 Å². The maximum absolute atomic E-state index is 11.9. The largest absolute Gasteiger partial charge is 0.352 e. The highest BCUT2D eigenvalue weighted by atomic mass is 32.2. The molecule has 2 heterocycles. The molecule has 0 aliphatic carbocycles. The van der Waals surface area contributed by atoms with Gasteiger partial charge in [0.15, 0.2) is 9.84 Å². The van der Waals surface area contributed by atoms with E-state index < -0.39 is 9.84 Å². The van der Waals surface area contributed by atoms with E-state index in [-0.39, 0.29) is 29.2 Å². The molecular weight excluding hydrogens is 322 g/mol. The molecule has 0 saturated carbocycles. The zero-order valence-corrected chi connectivity index (χ0v) is 13.4. The quantitative estimate of drug-likeness (QED) is 0.838. The first-order chi connectivity index (χ1) is 10.5. The highest BCUT2D eigenvalue weighted by molar-refractivity contribution is 7.99. The van der Waals surface area contributed by atoms with Crippen LogP contribution in [0.3, 0.4) is 0 Å². The van der Waals surface area contributed by atoms with E-state index in [1.54, 1.807) is 6.20 Å². The second-order valence-corrected chi connectivity index (χ2v) is 8.38. The van der Waals surface area contributed by atoms with E-state index >= 15 is 0 Å². The monoisotopic (exact) mass is 337 g/mol. The first kappa shape index (κ1) is 15.2. The van der Waals surface area contributed by atoms with Gasteiger partial charge in [-0.15, -0.1) is 0 Å². The summed E-state index contributed by atoms with van der Waals surface area (Å²) < 4.78 is 22.7. The summed E-state index contributed by atoms with van der Waals surface area (Å²) in [6.07, 6.45) is 2.13. The van der Waals surface area contributed by atoms with Gasteiger partial charge in [0.05, 0.1) is 34.5 Å². The molecule has 1 amide bonds.